The van der Waals surface area contributed by atoms with Crippen LogP contribution in [-0.2, 0) is 0 Å². The number of aromatic carboxylic acids is 1. The lowest BCUT2D eigenvalue weighted by Crippen LogP contribution is -2.03. The van der Waals surface area contributed by atoms with Crippen LogP contribution in [0.2, 0.25) is 0 Å². The van der Waals surface area contributed by atoms with Crippen molar-refractivity contribution in [3.63, 3.8) is 0 Å². The molecule has 0 bridgehead atoms. The van der Waals surface area contributed by atoms with Gasteiger partial charge in [-0.2, -0.15) is 0 Å². The summed E-state index contributed by atoms with van der Waals surface area (Å²) in [7, 11) is 0. The van der Waals surface area contributed by atoms with Crippen LogP contribution in [0.5, 0.6) is 0 Å². The van der Waals surface area contributed by atoms with Crippen molar-refractivity contribution >= 4 is 38.2 Å². The maximum Gasteiger partial charge on any atom is 0.355 e. The fourth-order valence-corrected chi connectivity index (χ4v) is 3.03. The first-order valence-electron chi connectivity index (χ1n) is 3.89. The quantitative estimate of drug-likeness (QED) is 0.869. The fraction of sp³-hybridized carbons (Fsp3) is 0.250. The molecule has 0 aromatic carbocycles. The predicted molar refractivity (Wildman–Crippen MR) is 57.2 cm³/mol. The number of aryl methyl sites for hydroxylation is 2. The smallest absolute Gasteiger partial charge is 0.355 e. The summed E-state index contributed by atoms with van der Waals surface area (Å²) in [5.74, 6) is -0.941. The van der Waals surface area contributed by atoms with Crippen molar-refractivity contribution in [2.24, 2.45) is 0 Å². The fourth-order valence-electron chi connectivity index (χ4n) is 1.31. The first kappa shape index (κ1) is 9.67. The van der Waals surface area contributed by atoms with Crippen molar-refractivity contribution in [2.75, 3.05) is 0 Å². The van der Waals surface area contributed by atoms with Crippen LogP contribution >= 0.6 is 27.3 Å². The number of carboxylic acid groups (broad SMARTS) is 1. The van der Waals surface area contributed by atoms with Gasteiger partial charge in [0.15, 0.2) is 10.7 Å². The maximum absolute atomic E-state index is 11.0. The van der Waals surface area contributed by atoms with Gasteiger partial charge in [-0.25, -0.2) is 9.78 Å². The van der Waals surface area contributed by atoms with Gasteiger partial charge in [0.1, 0.15) is 3.79 Å². The number of aromatic nitrogens is 2. The Morgan fingerprint density at radius 3 is 2.79 bits per heavy atom. The molecule has 2 rings (SSSR count). The first-order chi connectivity index (χ1) is 6.52. The highest BCUT2D eigenvalue weighted by Crippen LogP contribution is 2.30. The molecule has 74 valence electrons. The second-order valence-electron chi connectivity index (χ2n) is 2.93. The zero-order valence-corrected chi connectivity index (χ0v) is 9.94. The lowest BCUT2D eigenvalue weighted by Gasteiger charge is -1.95. The van der Waals surface area contributed by atoms with E-state index in [0.717, 1.165) is 11.4 Å². The molecule has 0 saturated carbocycles. The molecule has 1 N–H and O–H groups in total. The van der Waals surface area contributed by atoms with E-state index in [1.807, 2.05) is 13.8 Å². The number of thiazole rings is 1. The summed E-state index contributed by atoms with van der Waals surface area (Å²) in [6, 6.07) is 0. The molecule has 0 aliphatic heterocycles. The molecule has 4 nitrogen and oxygen atoms in total. The standard InChI is InChI=1S/C8H7BrN2O2S/c1-3-4(2)11-5(7(12)13)6(9)14-8(11)10-3/h1-2H3,(H,12,13). The van der Waals surface area contributed by atoms with E-state index in [0.29, 0.717) is 8.75 Å². The number of imidazole rings is 1. The van der Waals surface area contributed by atoms with E-state index in [9.17, 15) is 4.79 Å². The van der Waals surface area contributed by atoms with E-state index in [1.165, 1.54) is 11.3 Å². The largest absolute Gasteiger partial charge is 0.476 e. The van der Waals surface area contributed by atoms with E-state index >= 15 is 0 Å². The van der Waals surface area contributed by atoms with Gasteiger partial charge < -0.3 is 5.11 Å². The van der Waals surface area contributed by atoms with Gasteiger partial charge in [-0.15, -0.1) is 0 Å². The van der Waals surface area contributed by atoms with Crippen molar-refractivity contribution in [2.45, 2.75) is 13.8 Å². The Balaban J connectivity index is 2.91. The molecule has 0 spiro atoms. The third-order valence-corrected chi connectivity index (χ3v) is 3.80. The summed E-state index contributed by atoms with van der Waals surface area (Å²) in [5, 5.41) is 9.01. The second-order valence-corrected chi connectivity index (χ2v) is 5.23. The topological polar surface area (TPSA) is 54.6 Å². The molecule has 0 amide bonds. The number of halogens is 1. The van der Waals surface area contributed by atoms with Crippen molar-refractivity contribution in [1.29, 1.82) is 0 Å². The third-order valence-electron chi connectivity index (χ3n) is 2.11. The molecule has 0 aliphatic carbocycles. The van der Waals surface area contributed by atoms with E-state index in [-0.39, 0.29) is 5.69 Å². The highest BCUT2D eigenvalue weighted by atomic mass is 79.9. The number of hydrogen-bond acceptors (Lipinski definition) is 3. The minimum atomic E-state index is -0.941. The number of nitrogens with zero attached hydrogens (tertiary/aromatic N) is 2. The molecule has 2 aromatic rings. The predicted octanol–water partition coefficient (Wildman–Crippen LogP) is 2.47. The van der Waals surface area contributed by atoms with Gasteiger partial charge in [-0.05, 0) is 29.8 Å². The molecular weight excluding hydrogens is 268 g/mol. The molecule has 2 heterocycles. The zero-order chi connectivity index (χ0) is 10.5. The molecule has 2 aromatic heterocycles. The molecule has 0 saturated heterocycles. The van der Waals surface area contributed by atoms with E-state index in [4.69, 9.17) is 5.11 Å². The lowest BCUT2D eigenvalue weighted by molar-refractivity contribution is 0.0688. The number of rotatable bonds is 1. The Morgan fingerprint density at radius 2 is 2.21 bits per heavy atom. The van der Waals surface area contributed by atoms with Gasteiger partial charge in [0.25, 0.3) is 0 Å². The van der Waals surface area contributed by atoms with Crippen molar-refractivity contribution in [3.05, 3.63) is 20.9 Å². The number of carbonyl (C=O) groups is 1. The molecule has 14 heavy (non-hydrogen) atoms. The Bertz CT molecular complexity index is 529. The Morgan fingerprint density at radius 1 is 1.57 bits per heavy atom. The molecule has 0 radical (unpaired) electrons. The van der Waals surface area contributed by atoms with Crippen molar-refractivity contribution < 1.29 is 9.90 Å². The van der Waals surface area contributed by atoms with Gasteiger partial charge in [0.05, 0.1) is 5.69 Å². The first-order valence-corrected chi connectivity index (χ1v) is 5.50. The van der Waals surface area contributed by atoms with Crippen LogP contribution in [0.4, 0.5) is 0 Å². The minimum absolute atomic E-state index is 0.253. The zero-order valence-electron chi connectivity index (χ0n) is 7.54. The normalized spacial score (nSPS) is 11.1. The van der Waals surface area contributed by atoms with Gasteiger partial charge >= 0.3 is 5.97 Å². The SMILES string of the molecule is Cc1nc2sc(Br)c(C(=O)O)n2c1C. The van der Waals surface area contributed by atoms with Gasteiger partial charge in [0.2, 0.25) is 0 Å². The summed E-state index contributed by atoms with van der Waals surface area (Å²) in [4.78, 5) is 16.0. The summed E-state index contributed by atoms with van der Waals surface area (Å²) in [6.45, 7) is 3.73. The Hall–Kier alpha value is -0.880. The maximum atomic E-state index is 11.0. The number of hydrogen-bond donors (Lipinski definition) is 1. The van der Waals surface area contributed by atoms with Crippen LogP contribution in [0.3, 0.4) is 0 Å². The second kappa shape index (κ2) is 3.06. The highest BCUT2D eigenvalue weighted by molar-refractivity contribution is 9.11. The molecule has 0 fully saturated rings. The molecule has 0 aliphatic rings. The minimum Gasteiger partial charge on any atom is -0.476 e. The van der Waals surface area contributed by atoms with Gasteiger partial charge in [0, 0.05) is 5.69 Å². The van der Waals surface area contributed by atoms with E-state index in [2.05, 4.69) is 20.9 Å². The van der Waals surface area contributed by atoms with Crippen LogP contribution in [0, 0.1) is 13.8 Å². The number of carboxylic acids is 1. The summed E-state index contributed by atoms with van der Waals surface area (Å²) >= 11 is 4.55. The summed E-state index contributed by atoms with van der Waals surface area (Å²) in [6.07, 6.45) is 0. The third kappa shape index (κ3) is 1.18. The molecule has 0 unspecified atom stereocenters. The monoisotopic (exact) mass is 274 g/mol. The van der Waals surface area contributed by atoms with Crippen LogP contribution in [0.25, 0.3) is 4.96 Å². The average Bonchev–Trinajstić information content (AvgIpc) is 2.51. The summed E-state index contributed by atoms with van der Waals surface area (Å²) in [5.41, 5.74) is 1.99. The van der Waals surface area contributed by atoms with Crippen LogP contribution < -0.4 is 0 Å². The summed E-state index contributed by atoms with van der Waals surface area (Å²) < 4.78 is 2.27. The van der Waals surface area contributed by atoms with Gasteiger partial charge in [-0.1, -0.05) is 11.3 Å². The van der Waals surface area contributed by atoms with Crippen molar-refractivity contribution in [3.8, 4) is 0 Å². The van der Waals surface area contributed by atoms with E-state index < -0.39 is 5.97 Å². The highest BCUT2D eigenvalue weighted by Gasteiger charge is 2.20. The van der Waals surface area contributed by atoms with Crippen LogP contribution in [0.1, 0.15) is 21.9 Å². The lowest BCUT2D eigenvalue weighted by atomic mass is 10.4. The average molecular weight is 275 g/mol. The molecular formula is C8H7BrN2O2S. The molecule has 6 heteroatoms. The Kier molecular flexibility index (Phi) is 2.11. The van der Waals surface area contributed by atoms with E-state index in [1.54, 1.807) is 4.40 Å². The van der Waals surface area contributed by atoms with Crippen LogP contribution in [0.15, 0.2) is 3.79 Å². The van der Waals surface area contributed by atoms with Gasteiger partial charge in [-0.3, -0.25) is 4.40 Å². The Labute approximate surface area is 92.3 Å². The number of fused-ring (bicyclic) bond motifs is 1. The molecule has 0 atom stereocenters. The van der Waals surface area contributed by atoms with Crippen molar-refractivity contribution in [1.82, 2.24) is 9.38 Å². The van der Waals surface area contributed by atoms with Crippen LogP contribution in [-0.4, -0.2) is 20.5 Å².